The predicted molar refractivity (Wildman–Crippen MR) is 64.9 cm³/mol. The third kappa shape index (κ3) is 2.25. The minimum atomic E-state index is 0.159. The van der Waals surface area contributed by atoms with E-state index in [9.17, 15) is 0 Å². The lowest BCUT2D eigenvalue weighted by Gasteiger charge is -2.35. The van der Waals surface area contributed by atoms with Crippen LogP contribution in [0, 0.1) is 0 Å². The molecule has 1 aromatic rings. The summed E-state index contributed by atoms with van der Waals surface area (Å²) in [4.78, 5) is 6.36. The van der Waals surface area contributed by atoms with Crippen LogP contribution in [0.3, 0.4) is 0 Å². The predicted octanol–water partition coefficient (Wildman–Crippen LogP) is -0.106. The van der Waals surface area contributed by atoms with Crippen molar-refractivity contribution in [2.24, 2.45) is 0 Å². The van der Waals surface area contributed by atoms with Gasteiger partial charge in [0.15, 0.2) is 0 Å². The molecule has 0 amide bonds. The Hall–Kier alpha value is -1.33. The molecular weight excluding hydrogens is 204 g/mol. The average Bonchev–Trinajstić information content (AvgIpc) is 2.38. The van der Waals surface area contributed by atoms with Crippen molar-refractivity contribution in [1.29, 1.82) is 0 Å². The van der Waals surface area contributed by atoms with Crippen molar-refractivity contribution in [3.05, 3.63) is 18.5 Å². The Morgan fingerprint density at radius 3 is 3.31 bits per heavy atom. The first-order chi connectivity index (χ1) is 7.85. The Morgan fingerprint density at radius 1 is 1.69 bits per heavy atom. The van der Waals surface area contributed by atoms with Crippen molar-refractivity contribution in [2.75, 3.05) is 43.5 Å². The molecule has 1 atom stereocenters. The van der Waals surface area contributed by atoms with Crippen LogP contribution in [0.2, 0.25) is 0 Å². The molecule has 3 N–H and O–H groups in total. The summed E-state index contributed by atoms with van der Waals surface area (Å²) in [6, 6.07) is 2.16. The fourth-order valence-corrected chi connectivity index (χ4v) is 2.02. The zero-order valence-electron chi connectivity index (χ0n) is 9.48. The number of hydrogen-bond acceptors (Lipinski definition) is 5. The summed E-state index contributed by atoms with van der Waals surface area (Å²) in [5.41, 5.74) is 2.18. The number of aromatic nitrogens is 1. The van der Waals surface area contributed by atoms with Crippen molar-refractivity contribution in [2.45, 2.75) is 6.04 Å². The van der Waals surface area contributed by atoms with Crippen LogP contribution in [0.15, 0.2) is 18.5 Å². The second kappa shape index (κ2) is 5.14. The first-order valence-corrected chi connectivity index (χ1v) is 5.56. The topological polar surface area (TPSA) is 60.4 Å². The molecule has 16 heavy (non-hydrogen) atoms. The van der Waals surface area contributed by atoms with Crippen molar-refractivity contribution in [1.82, 2.24) is 10.3 Å². The minimum Gasteiger partial charge on any atom is -0.395 e. The molecule has 1 saturated heterocycles. The first kappa shape index (κ1) is 11.2. The van der Waals surface area contributed by atoms with Gasteiger partial charge in [0, 0.05) is 38.9 Å². The summed E-state index contributed by atoms with van der Waals surface area (Å²) in [5.74, 6) is 0. The summed E-state index contributed by atoms with van der Waals surface area (Å²) in [7, 11) is 1.90. The van der Waals surface area contributed by atoms with Gasteiger partial charge in [-0.3, -0.25) is 4.98 Å². The molecule has 0 aromatic carbocycles. The second-order valence-corrected chi connectivity index (χ2v) is 3.92. The van der Waals surface area contributed by atoms with E-state index in [4.69, 9.17) is 5.11 Å². The zero-order chi connectivity index (χ0) is 11.4. The average molecular weight is 222 g/mol. The Kier molecular flexibility index (Phi) is 3.58. The molecule has 1 unspecified atom stereocenters. The zero-order valence-corrected chi connectivity index (χ0v) is 9.48. The van der Waals surface area contributed by atoms with Crippen LogP contribution in [0.5, 0.6) is 0 Å². The molecule has 88 valence electrons. The van der Waals surface area contributed by atoms with Crippen molar-refractivity contribution < 1.29 is 5.11 Å². The molecule has 2 rings (SSSR count). The van der Waals surface area contributed by atoms with E-state index in [2.05, 4.69) is 20.5 Å². The van der Waals surface area contributed by atoms with Gasteiger partial charge >= 0.3 is 0 Å². The number of anilines is 2. The van der Waals surface area contributed by atoms with E-state index in [1.54, 1.807) is 6.20 Å². The number of nitrogens with zero attached hydrogens (tertiary/aromatic N) is 2. The minimum absolute atomic E-state index is 0.159. The number of piperazine rings is 1. The highest BCUT2D eigenvalue weighted by Crippen LogP contribution is 2.24. The molecule has 1 fully saturated rings. The molecule has 0 radical (unpaired) electrons. The number of nitrogens with one attached hydrogen (secondary N) is 2. The van der Waals surface area contributed by atoms with Gasteiger partial charge in [0.05, 0.1) is 24.2 Å². The molecule has 0 aliphatic carbocycles. The summed E-state index contributed by atoms with van der Waals surface area (Å²) in [6.07, 6.45) is 3.62. The summed E-state index contributed by atoms with van der Waals surface area (Å²) < 4.78 is 0. The molecule has 5 nitrogen and oxygen atoms in total. The molecule has 0 bridgehead atoms. The molecule has 1 aliphatic heterocycles. The highest BCUT2D eigenvalue weighted by molar-refractivity contribution is 5.68. The largest absolute Gasteiger partial charge is 0.395 e. The molecule has 5 heteroatoms. The van der Waals surface area contributed by atoms with E-state index in [0.717, 1.165) is 31.0 Å². The van der Waals surface area contributed by atoms with Crippen LogP contribution in [0.25, 0.3) is 0 Å². The van der Waals surface area contributed by atoms with Gasteiger partial charge in [-0.05, 0) is 6.07 Å². The molecule has 1 aliphatic rings. The SMILES string of the molecule is CNc1cnccc1N1CCNC(CO)C1. The van der Waals surface area contributed by atoms with E-state index in [-0.39, 0.29) is 12.6 Å². The van der Waals surface area contributed by atoms with Gasteiger partial charge in [-0.25, -0.2) is 0 Å². The summed E-state index contributed by atoms with van der Waals surface area (Å²) in [6.45, 7) is 2.86. The Morgan fingerprint density at radius 2 is 2.56 bits per heavy atom. The molecule has 1 aromatic heterocycles. The van der Waals surface area contributed by atoms with Gasteiger partial charge in [-0.2, -0.15) is 0 Å². The van der Waals surface area contributed by atoms with Gasteiger partial charge in [0.2, 0.25) is 0 Å². The number of rotatable bonds is 3. The van der Waals surface area contributed by atoms with Gasteiger partial charge in [-0.1, -0.05) is 0 Å². The third-order valence-corrected chi connectivity index (χ3v) is 2.88. The lowest BCUT2D eigenvalue weighted by molar-refractivity contribution is 0.236. The van der Waals surface area contributed by atoms with Crippen molar-refractivity contribution in [3.8, 4) is 0 Å². The van der Waals surface area contributed by atoms with Crippen LogP contribution >= 0.6 is 0 Å². The maximum atomic E-state index is 9.17. The van der Waals surface area contributed by atoms with Crippen LogP contribution < -0.4 is 15.5 Å². The number of hydrogen-bond donors (Lipinski definition) is 3. The lowest BCUT2D eigenvalue weighted by atomic mass is 10.2. The van der Waals surface area contributed by atoms with Crippen molar-refractivity contribution >= 4 is 11.4 Å². The van der Waals surface area contributed by atoms with Gasteiger partial charge in [-0.15, -0.1) is 0 Å². The second-order valence-electron chi connectivity index (χ2n) is 3.92. The smallest absolute Gasteiger partial charge is 0.0761 e. The van der Waals surface area contributed by atoms with Gasteiger partial charge in [0.25, 0.3) is 0 Å². The maximum absolute atomic E-state index is 9.17. The van der Waals surface area contributed by atoms with Crippen molar-refractivity contribution in [3.63, 3.8) is 0 Å². The molecule has 2 heterocycles. The highest BCUT2D eigenvalue weighted by Gasteiger charge is 2.20. The molecule has 0 saturated carbocycles. The van der Waals surface area contributed by atoms with Crippen LogP contribution in [-0.4, -0.2) is 49.4 Å². The fraction of sp³-hybridized carbons (Fsp3) is 0.545. The maximum Gasteiger partial charge on any atom is 0.0761 e. The molecular formula is C11H18N4O. The first-order valence-electron chi connectivity index (χ1n) is 5.56. The Labute approximate surface area is 95.5 Å². The Bertz CT molecular complexity index is 345. The monoisotopic (exact) mass is 222 g/mol. The van der Waals surface area contributed by atoms with E-state index >= 15 is 0 Å². The quantitative estimate of drug-likeness (QED) is 0.666. The number of aliphatic hydroxyl groups excluding tert-OH is 1. The van der Waals surface area contributed by atoms with E-state index in [1.165, 1.54) is 0 Å². The third-order valence-electron chi connectivity index (χ3n) is 2.88. The number of pyridine rings is 1. The van der Waals surface area contributed by atoms with Gasteiger partial charge < -0.3 is 20.6 Å². The Balaban J connectivity index is 2.16. The highest BCUT2D eigenvalue weighted by atomic mass is 16.3. The molecule has 0 spiro atoms. The fourth-order valence-electron chi connectivity index (χ4n) is 2.02. The number of aliphatic hydroxyl groups is 1. The lowest BCUT2D eigenvalue weighted by Crippen LogP contribution is -2.52. The van der Waals surface area contributed by atoms with Crippen LogP contribution in [0.4, 0.5) is 11.4 Å². The summed E-state index contributed by atoms with van der Waals surface area (Å²) in [5, 5.41) is 15.6. The van der Waals surface area contributed by atoms with E-state index < -0.39 is 0 Å². The standard InChI is InChI=1S/C11H18N4O/c1-12-10-6-13-3-2-11(10)15-5-4-14-9(7-15)8-16/h2-3,6,9,12,14,16H,4-5,7-8H2,1H3. The normalized spacial score (nSPS) is 20.9. The van der Waals surface area contributed by atoms with Gasteiger partial charge in [0.1, 0.15) is 0 Å². The van der Waals surface area contributed by atoms with Crippen LogP contribution in [-0.2, 0) is 0 Å². The summed E-state index contributed by atoms with van der Waals surface area (Å²) >= 11 is 0. The van der Waals surface area contributed by atoms with E-state index in [0.29, 0.717) is 0 Å². The van der Waals surface area contributed by atoms with E-state index in [1.807, 2.05) is 19.3 Å². The van der Waals surface area contributed by atoms with Crippen LogP contribution in [0.1, 0.15) is 0 Å².